The van der Waals surface area contributed by atoms with Crippen molar-refractivity contribution in [1.82, 2.24) is 0 Å². The number of benzene rings is 2. The van der Waals surface area contributed by atoms with Crippen LogP contribution in [0.4, 0.5) is 5.69 Å². The molecule has 0 spiro atoms. The molecule has 0 bridgehead atoms. The normalized spacial score (nSPS) is 10.7. The number of oxime groups is 1. The number of rotatable bonds is 5. The molecule has 0 aliphatic heterocycles. The lowest BCUT2D eigenvalue weighted by Crippen LogP contribution is -2.20. The van der Waals surface area contributed by atoms with Crippen LogP contribution in [-0.2, 0) is 4.79 Å². The molecular formula is C15H11Cl3N2O3. The Morgan fingerprint density at radius 2 is 1.91 bits per heavy atom. The lowest BCUT2D eigenvalue weighted by molar-refractivity contribution is -0.118. The molecule has 0 heterocycles. The first-order valence-electron chi connectivity index (χ1n) is 6.34. The van der Waals surface area contributed by atoms with Gasteiger partial charge in [-0.2, -0.15) is 0 Å². The summed E-state index contributed by atoms with van der Waals surface area (Å²) in [5.41, 5.74) is 1.11. The molecule has 0 fully saturated rings. The Hall–Kier alpha value is -1.95. The van der Waals surface area contributed by atoms with Gasteiger partial charge in [-0.25, -0.2) is 0 Å². The fourth-order valence-electron chi connectivity index (χ4n) is 1.70. The third-order valence-electron chi connectivity index (χ3n) is 2.72. The molecule has 2 rings (SSSR count). The van der Waals surface area contributed by atoms with Crippen molar-refractivity contribution < 1.29 is 14.7 Å². The van der Waals surface area contributed by atoms with Gasteiger partial charge >= 0.3 is 0 Å². The van der Waals surface area contributed by atoms with Crippen LogP contribution < -0.4 is 10.1 Å². The maximum atomic E-state index is 11.9. The zero-order valence-electron chi connectivity index (χ0n) is 11.6. The van der Waals surface area contributed by atoms with Gasteiger partial charge < -0.3 is 15.3 Å². The molecule has 23 heavy (non-hydrogen) atoms. The molecule has 0 saturated carbocycles. The fourth-order valence-corrected chi connectivity index (χ4v) is 2.24. The van der Waals surface area contributed by atoms with Crippen molar-refractivity contribution in [3.8, 4) is 5.75 Å². The van der Waals surface area contributed by atoms with Gasteiger partial charge in [0.05, 0.1) is 21.3 Å². The topological polar surface area (TPSA) is 70.9 Å². The quantitative estimate of drug-likeness (QED) is 0.461. The molecule has 0 atom stereocenters. The highest BCUT2D eigenvalue weighted by Gasteiger charge is 2.08. The molecule has 5 nitrogen and oxygen atoms in total. The van der Waals surface area contributed by atoms with Gasteiger partial charge in [-0.15, -0.1) is 0 Å². The van der Waals surface area contributed by atoms with E-state index in [0.29, 0.717) is 32.1 Å². The Labute approximate surface area is 147 Å². The predicted octanol–water partition coefficient (Wildman–Crippen LogP) is 4.47. The highest BCUT2D eigenvalue weighted by atomic mass is 35.5. The van der Waals surface area contributed by atoms with E-state index in [4.69, 9.17) is 44.7 Å². The number of ether oxygens (including phenoxy) is 1. The average molecular weight is 374 g/mol. The van der Waals surface area contributed by atoms with E-state index in [2.05, 4.69) is 10.5 Å². The van der Waals surface area contributed by atoms with Gasteiger partial charge in [0.1, 0.15) is 5.75 Å². The van der Waals surface area contributed by atoms with Crippen molar-refractivity contribution in [2.45, 2.75) is 0 Å². The Kier molecular flexibility index (Phi) is 6.10. The summed E-state index contributed by atoms with van der Waals surface area (Å²) < 4.78 is 5.35. The summed E-state index contributed by atoms with van der Waals surface area (Å²) >= 11 is 17.7. The number of nitrogens with one attached hydrogen (secondary N) is 1. The average Bonchev–Trinajstić information content (AvgIpc) is 2.50. The first-order chi connectivity index (χ1) is 11.0. The number of halogens is 3. The van der Waals surface area contributed by atoms with Crippen LogP contribution in [0.1, 0.15) is 5.56 Å². The number of carbonyl (C=O) groups is 1. The summed E-state index contributed by atoms with van der Waals surface area (Å²) in [6.07, 6.45) is 1.23. The SMILES string of the molecule is O=C(COc1ccc(/C=N/O)cc1Cl)Nc1ccc(Cl)c(Cl)c1. The third kappa shape index (κ3) is 5.03. The second kappa shape index (κ2) is 8.06. The number of hydrogen-bond acceptors (Lipinski definition) is 4. The number of hydrogen-bond donors (Lipinski definition) is 2. The maximum absolute atomic E-state index is 11.9. The Morgan fingerprint density at radius 3 is 2.57 bits per heavy atom. The minimum absolute atomic E-state index is 0.229. The van der Waals surface area contributed by atoms with E-state index in [-0.39, 0.29) is 12.5 Å². The zero-order chi connectivity index (χ0) is 16.8. The molecule has 2 aromatic rings. The van der Waals surface area contributed by atoms with Crippen molar-refractivity contribution in [3.05, 3.63) is 57.0 Å². The van der Waals surface area contributed by atoms with Crippen LogP contribution in [0.3, 0.4) is 0 Å². The molecule has 2 aromatic carbocycles. The summed E-state index contributed by atoms with van der Waals surface area (Å²) in [5, 5.41) is 15.0. The summed E-state index contributed by atoms with van der Waals surface area (Å²) in [6.45, 7) is -0.229. The van der Waals surface area contributed by atoms with Gasteiger partial charge in [-0.3, -0.25) is 4.79 Å². The van der Waals surface area contributed by atoms with E-state index < -0.39 is 0 Å². The molecule has 0 saturated heterocycles. The highest BCUT2D eigenvalue weighted by molar-refractivity contribution is 6.42. The van der Waals surface area contributed by atoms with Crippen LogP contribution in [0, 0.1) is 0 Å². The van der Waals surface area contributed by atoms with Gasteiger partial charge in [-0.05, 0) is 42.0 Å². The van der Waals surface area contributed by atoms with Gasteiger partial charge in [0.15, 0.2) is 6.61 Å². The van der Waals surface area contributed by atoms with Crippen molar-refractivity contribution in [1.29, 1.82) is 0 Å². The van der Waals surface area contributed by atoms with Gasteiger partial charge in [0.25, 0.3) is 5.91 Å². The van der Waals surface area contributed by atoms with E-state index in [1.165, 1.54) is 12.3 Å². The van der Waals surface area contributed by atoms with E-state index >= 15 is 0 Å². The van der Waals surface area contributed by atoms with Crippen LogP contribution >= 0.6 is 34.8 Å². The van der Waals surface area contributed by atoms with Crippen LogP contribution in [0.25, 0.3) is 0 Å². The standard InChI is InChI=1S/C15H11Cl3N2O3/c16-11-3-2-10(6-12(11)17)20-15(21)8-23-14-4-1-9(7-19-22)5-13(14)18/h1-7,22H,8H2,(H,20,21)/b19-7+. The minimum Gasteiger partial charge on any atom is -0.482 e. The third-order valence-corrected chi connectivity index (χ3v) is 3.76. The number of anilines is 1. The lowest BCUT2D eigenvalue weighted by atomic mass is 10.2. The second-order valence-electron chi connectivity index (χ2n) is 4.40. The Morgan fingerprint density at radius 1 is 1.13 bits per heavy atom. The number of amides is 1. The lowest BCUT2D eigenvalue weighted by Gasteiger charge is -2.09. The zero-order valence-corrected chi connectivity index (χ0v) is 13.9. The largest absolute Gasteiger partial charge is 0.482 e. The minimum atomic E-state index is -0.375. The van der Waals surface area contributed by atoms with Crippen molar-refractivity contribution in [2.24, 2.45) is 5.16 Å². The molecule has 8 heteroatoms. The molecule has 120 valence electrons. The van der Waals surface area contributed by atoms with Crippen LogP contribution in [0.5, 0.6) is 5.75 Å². The van der Waals surface area contributed by atoms with Crippen molar-refractivity contribution in [3.63, 3.8) is 0 Å². The second-order valence-corrected chi connectivity index (χ2v) is 5.62. The molecule has 0 aliphatic carbocycles. The van der Waals surface area contributed by atoms with E-state index in [1.807, 2.05) is 0 Å². The van der Waals surface area contributed by atoms with Crippen LogP contribution in [-0.4, -0.2) is 23.9 Å². The molecule has 0 aromatic heterocycles. The van der Waals surface area contributed by atoms with Gasteiger partial charge in [0, 0.05) is 5.69 Å². The maximum Gasteiger partial charge on any atom is 0.262 e. The van der Waals surface area contributed by atoms with E-state index in [1.54, 1.807) is 30.3 Å². The molecule has 1 amide bonds. The van der Waals surface area contributed by atoms with Crippen molar-refractivity contribution >= 4 is 52.6 Å². The fraction of sp³-hybridized carbons (Fsp3) is 0.0667. The van der Waals surface area contributed by atoms with Crippen LogP contribution in [0.2, 0.25) is 15.1 Å². The summed E-state index contributed by atoms with van der Waals surface area (Å²) in [7, 11) is 0. The molecule has 2 N–H and O–H groups in total. The molecular weight excluding hydrogens is 363 g/mol. The number of nitrogens with zero attached hydrogens (tertiary/aromatic N) is 1. The van der Waals surface area contributed by atoms with E-state index in [0.717, 1.165) is 0 Å². The van der Waals surface area contributed by atoms with E-state index in [9.17, 15) is 4.79 Å². The Balaban J connectivity index is 1.95. The van der Waals surface area contributed by atoms with Crippen LogP contribution in [0.15, 0.2) is 41.6 Å². The monoisotopic (exact) mass is 372 g/mol. The summed E-state index contributed by atoms with van der Waals surface area (Å²) in [6, 6.07) is 9.51. The highest BCUT2D eigenvalue weighted by Crippen LogP contribution is 2.26. The predicted molar refractivity (Wildman–Crippen MR) is 91.4 cm³/mol. The molecule has 0 aliphatic rings. The van der Waals surface area contributed by atoms with Gasteiger partial charge in [-0.1, -0.05) is 40.0 Å². The Bertz CT molecular complexity index is 751. The first-order valence-corrected chi connectivity index (χ1v) is 7.47. The van der Waals surface area contributed by atoms with Gasteiger partial charge in [0.2, 0.25) is 0 Å². The molecule has 0 radical (unpaired) electrons. The first kappa shape index (κ1) is 17.4. The van der Waals surface area contributed by atoms with Crippen molar-refractivity contribution in [2.75, 3.05) is 11.9 Å². The smallest absolute Gasteiger partial charge is 0.262 e. The molecule has 0 unspecified atom stereocenters. The summed E-state index contributed by atoms with van der Waals surface area (Å²) in [4.78, 5) is 11.9. The number of carbonyl (C=O) groups excluding carboxylic acids is 1. The summed E-state index contributed by atoms with van der Waals surface area (Å²) in [5.74, 6) is -0.0357.